The highest BCUT2D eigenvalue weighted by Crippen LogP contribution is 2.32. The Morgan fingerprint density at radius 1 is 1.22 bits per heavy atom. The molecule has 2 aliphatic rings. The summed E-state index contributed by atoms with van der Waals surface area (Å²) in [4.78, 5) is 29.5. The maximum absolute atomic E-state index is 12.9. The van der Waals surface area contributed by atoms with E-state index in [1.54, 1.807) is 7.11 Å². The molecular weight excluding hydrogens is 344 g/mol. The fourth-order valence-corrected chi connectivity index (χ4v) is 4.26. The second kappa shape index (κ2) is 8.74. The van der Waals surface area contributed by atoms with Crippen LogP contribution in [-0.2, 0) is 20.7 Å². The van der Waals surface area contributed by atoms with E-state index in [0.717, 1.165) is 24.2 Å². The molecule has 0 bridgehead atoms. The van der Waals surface area contributed by atoms with Gasteiger partial charge in [0.2, 0.25) is 11.8 Å². The van der Waals surface area contributed by atoms with E-state index in [1.807, 2.05) is 41.0 Å². The molecule has 148 valence electrons. The lowest BCUT2D eigenvalue weighted by Gasteiger charge is -2.46. The molecular formula is C21H30N2O4. The summed E-state index contributed by atoms with van der Waals surface area (Å²) < 4.78 is 10.7. The van der Waals surface area contributed by atoms with Gasteiger partial charge < -0.3 is 19.3 Å². The number of benzene rings is 1. The van der Waals surface area contributed by atoms with E-state index in [9.17, 15) is 9.59 Å². The molecule has 6 nitrogen and oxygen atoms in total. The summed E-state index contributed by atoms with van der Waals surface area (Å²) >= 11 is 0. The van der Waals surface area contributed by atoms with E-state index >= 15 is 0 Å². The standard InChI is InChI=1S/C21H30N2O4/c1-3-23-20(25)10-13-22(16-21(23)11-14-27-15-12-21)19(24)9-6-17-4-7-18(26-2)8-5-17/h4-5,7-8H,3,6,9-16H2,1-2H3. The summed E-state index contributed by atoms with van der Waals surface area (Å²) in [6, 6.07) is 7.83. The largest absolute Gasteiger partial charge is 0.497 e. The van der Waals surface area contributed by atoms with E-state index in [0.29, 0.717) is 52.1 Å². The van der Waals surface area contributed by atoms with Crippen LogP contribution in [0.25, 0.3) is 0 Å². The highest BCUT2D eigenvalue weighted by molar-refractivity contribution is 5.81. The van der Waals surface area contributed by atoms with Gasteiger partial charge in [-0.05, 0) is 43.9 Å². The van der Waals surface area contributed by atoms with Gasteiger partial charge in [-0.25, -0.2) is 0 Å². The molecule has 0 aromatic heterocycles. The van der Waals surface area contributed by atoms with Gasteiger partial charge in [-0.2, -0.15) is 0 Å². The first-order valence-corrected chi connectivity index (χ1v) is 9.87. The number of amides is 2. The molecule has 0 atom stereocenters. The van der Waals surface area contributed by atoms with Crippen LogP contribution in [0, 0.1) is 0 Å². The molecule has 0 radical (unpaired) electrons. The Labute approximate surface area is 161 Å². The van der Waals surface area contributed by atoms with Gasteiger partial charge >= 0.3 is 0 Å². The monoisotopic (exact) mass is 374 g/mol. The Bertz CT molecular complexity index is 653. The van der Waals surface area contributed by atoms with Crippen LogP contribution >= 0.6 is 0 Å². The molecule has 2 amide bonds. The number of hydrogen-bond donors (Lipinski definition) is 0. The fraction of sp³-hybridized carbons (Fsp3) is 0.619. The number of carbonyl (C=O) groups excluding carboxylic acids is 2. The Balaban J connectivity index is 1.67. The second-order valence-corrected chi connectivity index (χ2v) is 7.39. The van der Waals surface area contributed by atoms with Gasteiger partial charge in [0.1, 0.15) is 5.75 Å². The predicted octanol–water partition coefficient (Wildman–Crippen LogP) is 2.26. The zero-order valence-electron chi connectivity index (χ0n) is 16.4. The molecule has 2 heterocycles. The molecule has 2 aliphatic heterocycles. The molecule has 0 N–H and O–H groups in total. The second-order valence-electron chi connectivity index (χ2n) is 7.39. The first-order valence-electron chi connectivity index (χ1n) is 9.87. The molecule has 0 saturated carbocycles. The summed E-state index contributed by atoms with van der Waals surface area (Å²) in [5, 5.41) is 0. The Morgan fingerprint density at radius 2 is 1.93 bits per heavy atom. The minimum atomic E-state index is -0.268. The van der Waals surface area contributed by atoms with Crippen LogP contribution in [0.15, 0.2) is 24.3 Å². The van der Waals surface area contributed by atoms with Crippen LogP contribution in [0.2, 0.25) is 0 Å². The molecule has 0 aliphatic carbocycles. The predicted molar refractivity (Wildman–Crippen MR) is 103 cm³/mol. The number of likely N-dealkylation sites (N-methyl/N-ethyl adjacent to an activating group) is 1. The highest BCUT2D eigenvalue weighted by Gasteiger charge is 2.44. The van der Waals surface area contributed by atoms with Crippen LogP contribution in [0.4, 0.5) is 0 Å². The van der Waals surface area contributed by atoms with E-state index < -0.39 is 0 Å². The fourth-order valence-electron chi connectivity index (χ4n) is 4.26. The molecule has 27 heavy (non-hydrogen) atoms. The van der Waals surface area contributed by atoms with Crippen molar-refractivity contribution >= 4 is 11.8 Å². The Hall–Kier alpha value is -2.08. The molecule has 1 aromatic carbocycles. The minimum absolute atomic E-state index is 0.127. The first-order chi connectivity index (χ1) is 13.1. The lowest BCUT2D eigenvalue weighted by molar-refractivity contribution is -0.142. The number of hydrogen-bond acceptors (Lipinski definition) is 4. The zero-order chi connectivity index (χ0) is 19.3. The molecule has 1 spiro atoms. The SMILES string of the molecule is CCN1C(=O)CCN(C(=O)CCc2ccc(OC)cc2)CC12CCOCC2. The van der Waals surface area contributed by atoms with Gasteiger partial charge in [0.15, 0.2) is 0 Å². The molecule has 1 aromatic rings. The topological polar surface area (TPSA) is 59.1 Å². The van der Waals surface area contributed by atoms with Crippen LogP contribution in [0.1, 0.15) is 38.2 Å². The van der Waals surface area contributed by atoms with Crippen molar-refractivity contribution in [3.63, 3.8) is 0 Å². The van der Waals surface area contributed by atoms with Crippen molar-refractivity contribution in [2.75, 3.05) is 40.0 Å². The lowest BCUT2D eigenvalue weighted by atomic mass is 9.87. The minimum Gasteiger partial charge on any atom is -0.497 e. The maximum atomic E-state index is 12.9. The number of rotatable bonds is 5. The molecule has 0 unspecified atom stereocenters. The summed E-state index contributed by atoms with van der Waals surface area (Å²) in [7, 11) is 1.64. The molecule has 3 rings (SSSR count). The summed E-state index contributed by atoms with van der Waals surface area (Å²) in [5.41, 5.74) is 0.849. The Kier molecular flexibility index (Phi) is 6.37. The van der Waals surface area contributed by atoms with Gasteiger partial charge in [-0.15, -0.1) is 0 Å². The van der Waals surface area contributed by atoms with E-state index in [2.05, 4.69) is 0 Å². The number of carbonyl (C=O) groups is 2. The van der Waals surface area contributed by atoms with Gasteiger partial charge in [0.25, 0.3) is 0 Å². The van der Waals surface area contributed by atoms with Gasteiger partial charge in [-0.1, -0.05) is 12.1 Å². The molecule has 2 saturated heterocycles. The van der Waals surface area contributed by atoms with Gasteiger partial charge in [0.05, 0.1) is 12.6 Å². The zero-order valence-corrected chi connectivity index (χ0v) is 16.4. The number of methoxy groups -OCH3 is 1. The lowest BCUT2D eigenvalue weighted by Crippen LogP contribution is -2.58. The number of nitrogens with zero attached hydrogens (tertiary/aromatic N) is 2. The van der Waals surface area contributed by atoms with Crippen molar-refractivity contribution in [2.45, 2.75) is 44.6 Å². The third kappa shape index (κ3) is 4.43. The van der Waals surface area contributed by atoms with Crippen molar-refractivity contribution in [2.24, 2.45) is 0 Å². The van der Waals surface area contributed by atoms with E-state index in [4.69, 9.17) is 9.47 Å². The van der Waals surface area contributed by atoms with E-state index in [-0.39, 0.29) is 17.4 Å². The average Bonchev–Trinajstić information content (AvgIpc) is 2.83. The van der Waals surface area contributed by atoms with Gasteiger partial charge in [-0.3, -0.25) is 9.59 Å². The van der Waals surface area contributed by atoms with Crippen molar-refractivity contribution < 1.29 is 19.1 Å². The smallest absolute Gasteiger partial charge is 0.224 e. The van der Waals surface area contributed by atoms with Crippen molar-refractivity contribution in [3.05, 3.63) is 29.8 Å². The van der Waals surface area contributed by atoms with E-state index in [1.165, 1.54) is 0 Å². The van der Waals surface area contributed by atoms with Gasteiger partial charge in [0, 0.05) is 45.7 Å². The third-order valence-electron chi connectivity index (χ3n) is 5.83. The maximum Gasteiger partial charge on any atom is 0.224 e. The summed E-state index contributed by atoms with van der Waals surface area (Å²) in [6.45, 7) is 5.15. The molecule has 6 heteroatoms. The van der Waals surface area contributed by atoms with Crippen LogP contribution in [0.3, 0.4) is 0 Å². The van der Waals surface area contributed by atoms with Crippen molar-refractivity contribution in [1.82, 2.24) is 9.80 Å². The normalized spacial score (nSPS) is 19.9. The first kappa shape index (κ1) is 19.7. The van der Waals surface area contributed by atoms with Crippen LogP contribution < -0.4 is 4.74 Å². The third-order valence-corrected chi connectivity index (χ3v) is 5.83. The summed E-state index contributed by atoms with van der Waals surface area (Å²) in [5.74, 6) is 1.10. The molecule has 2 fully saturated rings. The Morgan fingerprint density at radius 3 is 2.56 bits per heavy atom. The van der Waals surface area contributed by atoms with Crippen LogP contribution in [-0.4, -0.2) is 67.1 Å². The summed E-state index contributed by atoms with van der Waals surface area (Å²) in [6.07, 6.45) is 3.16. The average molecular weight is 374 g/mol. The quantitative estimate of drug-likeness (QED) is 0.793. The number of ether oxygens (including phenoxy) is 2. The van der Waals surface area contributed by atoms with Crippen molar-refractivity contribution in [1.29, 1.82) is 0 Å². The van der Waals surface area contributed by atoms with Crippen LogP contribution in [0.5, 0.6) is 5.75 Å². The highest BCUT2D eigenvalue weighted by atomic mass is 16.5. The number of aryl methyl sites for hydroxylation is 1. The van der Waals surface area contributed by atoms with Crippen molar-refractivity contribution in [3.8, 4) is 5.75 Å².